The Morgan fingerprint density at radius 3 is 2.43 bits per heavy atom. The fourth-order valence-electron chi connectivity index (χ4n) is 2.81. The van der Waals surface area contributed by atoms with Crippen LogP contribution in [0, 0.1) is 5.92 Å². The average Bonchev–Trinajstić information content (AvgIpc) is 2.50. The molecule has 3 atom stereocenters. The highest BCUT2D eigenvalue weighted by atomic mass is 32.2. The Balaban J connectivity index is 2.29. The summed E-state index contributed by atoms with van der Waals surface area (Å²) in [7, 11) is -2.07. The first-order chi connectivity index (χ1) is 10.8. The topological polar surface area (TPSA) is 72.9 Å². The third-order valence-electron chi connectivity index (χ3n) is 3.87. The maximum absolute atomic E-state index is 12.3. The van der Waals surface area contributed by atoms with Gasteiger partial charge in [0.2, 0.25) is 5.91 Å². The van der Waals surface area contributed by atoms with E-state index in [4.69, 9.17) is 8.92 Å². The minimum absolute atomic E-state index is 0.0636. The second kappa shape index (κ2) is 6.72. The van der Waals surface area contributed by atoms with Crippen LogP contribution in [0.15, 0.2) is 36.9 Å². The molecule has 0 saturated carbocycles. The highest BCUT2D eigenvalue weighted by Crippen LogP contribution is 2.37. The van der Waals surface area contributed by atoms with E-state index in [1.807, 2.05) is 0 Å². The number of rotatable bonds is 7. The Hall–Kier alpha value is -1.86. The molecular weight excluding hydrogens is 318 g/mol. The van der Waals surface area contributed by atoms with Crippen LogP contribution < -0.4 is 9.64 Å². The number of ether oxygens (including phenoxy) is 1. The summed E-state index contributed by atoms with van der Waals surface area (Å²) in [4.78, 5) is 13.8. The van der Waals surface area contributed by atoms with Gasteiger partial charge in [0, 0.05) is 5.69 Å². The summed E-state index contributed by atoms with van der Waals surface area (Å²) in [5.41, 5.74) is 0.685. The maximum Gasteiger partial charge on any atom is 0.264 e. The van der Waals surface area contributed by atoms with Gasteiger partial charge < -0.3 is 9.64 Å². The van der Waals surface area contributed by atoms with Crippen molar-refractivity contribution in [2.75, 3.05) is 18.3 Å². The largest absolute Gasteiger partial charge is 0.497 e. The number of hydrogen-bond donors (Lipinski definition) is 0. The number of β-lactam (4-membered cyclic amide) rings is 1. The zero-order valence-corrected chi connectivity index (χ0v) is 14.2. The zero-order chi connectivity index (χ0) is 17.2. The van der Waals surface area contributed by atoms with E-state index in [2.05, 4.69) is 6.58 Å². The lowest BCUT2D eigenvalue weighted by molar-refractivity contribution is -0.131. The van der Waals surface area contributed by atoms with Gasteiger partial charge in [-0.1, -0.05) is 13.0 Å². The summed E-state index contributed by atoms with van der Waals surface area (Å²) in [6, 6.07) is 6.68. The van der Waals surface area contributed by atoms with Gasteiger partial charge in [-0.25, -0.2) is 0 Å². The first-order valence-corrected chi connectivity index (χ1v) is 9.06. The van der Waals surface area contributed by atoms with Crippen LogP contribution in [0.2, 0.25) is 0 Å². The molecule has 126 valence electrons. The molecule has 1 aliphatic rings. The quantitative estimate of drug-likeness (QED) is 0.431. The molecule has 1 saturated heterocycles. The number of carbonyl (C=O) groups excluding carboxylic acids is 1. The molecule has 0 bridgehead atoms. The number of nitrogens with zero attached hydrogens (tertiary/aromatic N) is 1. The molecule has 23 heavy (non-hydrogen) atoms. The van der Waals surface area contributed by atoms with Crippen molar-refractivity contribution in [1.29, 1.82) is 0 Å². The number of benzene rings is 1. The van der Waals surface area contributed by atoms with Crippen molar-refractivity contribution in [3.05, 3.63) is 36.9 Å². The van der Waals surface area contributed by atoms with Crippen LogP contribution in [-0.2, 0) is 19.1 Å². The Bertz CT molecular complexity index is 683. The van der Waals surface area contributed by atoms with Crippen LogP contribution in [0.3, 0.4) is 0 Å². The van der Waals surface area contributed by atoms with Crippen LogP contribution in [0.4, 0.5) is 5.69 Å². The molecule has 6 nitrogen and oxygen atoms in total. The fraction of sp³-hybridized carbons (Fsp3) is 0.438. The Morgan fingerprint density at radius 1 is 1.35 bits per heavy atom. The highest BCUT2D eigenvalue weighted by Gasteiger charge is 2.50. The molecule has 1 aromatic carbocycles. The highest BCUT2D eigenvalue weighted by molar-refractivity contribution is 7.86. The van der Waals surface area contributed by atoms with E-state index >= 15 is 0 Å². The molecular formula is C16H21NO5S. The van der Waals surface area contributed by atoms with Crippen molar-refractivity contribution < 1.29 is 22.1 Å². The van der Waals surface area contributed by atoms with Crippen molar-refractivity contribution in [3.63, 3.8) is 0 Å². The lowest BCUT2D eigenvalue weighted by atomic mass is 9.83. The summed E-state index contributed by atoms with van der Waals surface area (Å²) in [5.74, 6) is 0.302. The van der Waals surface area contributed by atoms with E-state index in [0.29, 0.717) is 17.9 Å². The molecule has 1 amide bonds. The van der Waals surface area contributed by atoms with Gasteiger partial charge in [-0.15, -0.1) is 6.58 Å². The molecule has 0 N–H and O–H groups in total. The Labute approximate surface area is 136 Å². The van der Waals surface area contributed by atoms with Gasteiger partial charge in [0.05, 0.1) is 25.3 Å². The second-order valence-corrected chi connectivity index (χ2v) is 7.15. The number of hydrogen-bond acceptors (Lipinski definition) is 5. The number of methoxy groups -OCH3 is 1. The molecule has 2 rings (SSSR count). The number of anilines is 1. The summed E-state index contributed by atoms with van der Waals surface area (Å²) in [6.07, 6.45) is 2.28. The van der Waals surface area contributed by atoms with E-state index in [1.54, 1.807) is 49.3 Å². The van der Waals surface area contributed by atoms with Crippen molar-refractivity contribution in [2.24, 2.45) is 5.92 Å². The van der Waals surface area contributed by atoms with E-state index in [-0.39, 0.29) is 17.9 Å². The van der Waals surface area contributed by atoms with Crippen LogP contribution in [-0.4, -0.2) is 39.8 Å². The number of amides is 1. The van der Waals surface area contributed by atoms with Crippen LogP contribution in [0.1, 0.15) is 13.3 Å². The summed E-state index contributed by atoms with van der Waals surface area (Å²) in [5, 5.41) is 0. The fourth-order valence-corrected chi connectivity index (χ4v) is 3.45. The van der Waals surface area contributed by atoms with E-state index in [0.717, 1.165) is 6.26 Å². The number of carbonyl (C=O) groups is 1. The normalized spacial score (nSPS) is 22.4. The average molecular weight is 339 g/mol. The second-order valence-electron chi connectivity index (χ2n) is 5.55. The van der Waals surface area contributed by atoms with Gasteiger partial charge in [0.1, 0.15) is 11.9 Å². The zero-order valence-electron chi connectivity index (χ0n) is 13.4. The molecule has 1 fully saturated rings. The smallest absolute Gasteiger partial charge is 0.264 e. The summed E-state index contributed by atoms with van der Waals surface area (Å²) in [6.45, 7) is 5.41. The predicted octanol–water partition coefficient (Wildman–Crippen LogP) is 1.97. The monoisotopic (exact) mass is 339 g/mol. The van der Waals surface area contributed by atoms with Crippen molar-refractivity contribution in [3.8, 4) is 5.75 Å². The maximum atomic E-state index is 12.3. The van der Waals surface area contributed by atoms with Crippen molar-refractivity contribution >= 4 is 21.7 Å². The molecule has 0 aromatic heterocycles. The molecule has 0 spiro atoms. The van der Waals surface area contributed by atoms with E-state index in [9.17, 15) is 13.2 Å². The first-order valence-electron chi connectivity index (χ1n) is 7.24. The van der Waals surface area contributed by atoms with Crippen LogP contribution in [0.5, 0.6) is 5.75 Å². The SMILES string of the molecule is C=CC[C@@H](OS(C)(=O)=O)[C@H]1[C@@H](C)C(=O)N1c1ccc(OC)cc1. The third kappa shape index (κ3) is 3.73. The van der Waals surface area contributed by atoms with Crippen molar-refractivity contribution in [1.82, 2.24) is 0 Å². The minimum atomic E-state index is -3.63. The molecule has 0 aliphatic carbocycles. The lowest BCUT2D eigenvalue weighted by Crippen LogP contribution is -2.65. The molecule has 1 heterocycles. The van der Waals surface area contributed by atoms with E-state index in [1.165, 1.54) is 0 Å². The minimum Gasteiger partial charge on any atom is -0.497 e. The van der Waals surface area contributed by atoms with Gasteiger partial charge in [-0.3, -0.25) is 8.98 Å². The molecule has 0 unspecified atom stereocenters. The predicted molar refractivity (Wildman–Crippen MR) is 88.0 cm³/mol. The van der Waals surface area contributed by atoms with E-state index < -0.39 is 16.2 Å². The van der Waals surface area contributed by atoms with Gasteiger partial charge in [-0.2, -0.15) is 8.42 Å². The molecule has 1 aliphatic heterocycles. The molecule has 1 aromatic rings. The summed E-state index contributed by atoms with van der Waals surface area (Å²) >= 11 is 0. The van der Waals surface area contributed by atoms with Crippen LogP contribution in [0.25, 0.3) is 0 Å². The summed E-state index contributed by atoms with van der Waals surface area (Å²) < 4.78 is 33.3. The van der Waals surface area contributed by atoms with Gasteiger partial charge in [0.25, 0.3) is 10.1 Å². The standard InChI is InChI=1S/C16H21NO5S/c1-5-6-14(22-23(4,19)20)15-11(2)16(18)17(15)12-7-9-13(21-3)10-8-12/h5,7-11,14-15H,1,6H2,2-4H3/t11-,14-,15-/m1/s1. The van der Waals surface area contributed by atoms with Crippen molar-refractivity contribution in [2.45, 2.75) is 25.5 Å². The molecule has 0 radical (unpaired) electrons. The third-order valence-corrected chi connectivity index (χ3v) is 4.46. The Morgan fingerprint density at radius 2 is 1.96 bits per heavy atom. The van der Waals surface area contributed by atoms with Gasteiger partial charge in [-0.05, 0) is 30.7 Å². The molecule has 7 heteroatoms. The van der Waals surface area contributed by atoms with Crippen LogP contribution >= 0.6 is 0 Å². The van der Waals surface area contributed by atoms with Gasteiger partial charge in [0.15, 0.2) is 0 Å². The first kappa shape index (κ1) is 17.5. The lowest BCUT2D eigenvalue weighted by Gasteiger charge is -2.48. The van der Waals surface area contributed by atoms with Gasteiger partial charge >= 0.3 is 0 Å². The Kier molecular flexibility index (Phi) is 5.11.